The Morgan fingerprint density at radius 3 is 2.26 bits per heavy atom. The minimum absolute atomic E-state index is 0.0111. The molecule has 4 heterocycles. The molecule has 26 nitrogen and oxygen atoms in total. The first-order chi connectivity index (χ1) is 43.5. The van der Waals surface area contributed by atoms with Crippen LogP contribution in [0.25, 0.3) is 0 Å². The molecule has 2 aliphatic carbocycles. The van der Waals surface area contributed by atoms with Gasteiger partial charge in [0.2, 0.25) is 17.2 Å². The zero-order valence-corrected chi connectivity index (χ0v) is 56.0. The SMILES string of the molecule is CCN[C@H]1CO[C@@H](O[C@H]2[C@H](O[C@H]3C#CC=CC#C[C@]4(O)CC(=O)C(NC(=O)OC)=C3/C4=C\CSSc3ccccc3C(=O)O)O[C@H](C)[C@@H](NO[C@H]3C[C@H](O)[C@H](SC(=O)c4c(C)c(I)c(O[C@@H]5O[C@@H](C)[C@H](O)[C@@H](OC)[C@H]5O)c(OC)c4OC)[C@@H](C)O3)[C@@H]2O)C[C@@H]1OC. The van der Waals surface area contributed by atoms with Crippen molar-refractivity contribution in [1.82, 2.24) is 16.1 Å². The number of amides is 1. The van der Waals surface area contributed by atoms with Gasteiger partial charge in [-0.15, -0.1) is 0 Å². The first-order valence-corrected chi connectivity index (χ1v) is 33.3. The van der Waals surface area contributed by atoms with Gasteiger partial charge < -0.3 is 92.8 Å². The molecule has 4 aliphatic heterocycles. The molecule has 6 aliphatic rings. The Balaban J connectivity index is 1.03. The first kappa shape index (κ1) is 72.2. The fourth-order valence-corrected chi connectivity index (χ4v) is 15.0. The van der Waals surface area contributed by atoms with Gasteiger partial charge >= 0.3 is 12.1 Å². The number of likely N-dealkylation sites (N-methyl/N-ethyl adjacent to an activating group) is 1. The van der Waals surface area contributed by atoms with Crippen molar-refractivity contribution in [3.8, 4) is 40.9 Å². The van der Waals surface area contributed by atoms with Crippen LogP contribution in [-0.2, 0) is 52.3 Å². The fourth-order valence-electron chi connectivity index (χ4n) is 11.2. The number of carbonyl (C=O) groups excluding carboxylic acids is 3. The normalized spacial score (nSPS) is 33.6. The molecule has 2 aromatic carbocycles. The Kier molecular flexibility index (Phi) is 26.0. The Morgan fingerprint density at radius 1 is 0.857 bits per heavy atom. The molecule has 19 atom stereocenters. The van der Waals surface area contributed by atoms with Crippen LogP contribution in [0.3, 0.4) is 0 Å². The maximum Gasteiger partial charge on any atom is 0.411 e. The summed E-state index contributed by atoms with van der Waals surface area (Å²) in [7, 11) is 9.09. The predicted molar refractivity (Wildman–Crippen MR) is 338 cm³/mol. The van der Waals surface area contributed by atoms with Crippen molar-refractivity contribution in [2.24, 2.45) is 0 Å². The minimum Gasteiger partial charge on any atom is -0.492 e. The third kappa shape index (κ3) is 16.6. The second-order valence-electron chi connectivity index (χ2n) is 21.7. The van der Waals surface area contributed by atoms with Crippen molar-refractivity contribution >= 4 is 78.9 Å². The molecule has 2 aromatic rings. The summed E-state index contributed by atoms with van der Waals surface area (Å²) in [5.41, 5.74) is 0.864. The molecule has 30 heteroatoms. The number of methoxy groups -OCH3 is 5. The van der Waals surface area contributed by atoms with Crippen LogP contribution >= 0.6 is 55.9 Å². The summed E-state index contributed by atoms with van der Waals surface area (Å²) < 4.78 is 72.6. The summed E-state index contributed by atoms with van der Waals surface area (Å²) in [5, 5.41) is 72.8. The largest absolute Gasteiger partial charge is 0.492 e. The number of ketones is 1. The number of aliphatic hydroxyl groups excluding tert-OH is 4. The van der Waals surface area contributed by atoms with E-state index in [1.165, 1.54) is 50.3 Å². The van der Waals surface area contributed by atoms with Crippen molar-refractivity contribution in [2.75, 3.05) is 54.5 Å². The average Bonchev–Trinajstić information content (AvgIpc) is 0.772. The highest BCUT2D eigenvalue weighted by Crippen LogP contribution is 2.49. The second kappa shape index (κ2) is 32.7. The van der Waals surface area contributed by atoms with E-state index in [4.69, 9.17) is 61.7 Å². The number of allylic oxidation sites excluding steroid dienone is 3. The summed E-state index contributed by atoms with van der Waals surface area (Å²) in [6.07, 6.45) is -14.8. The highest BCUT2D eigenvalue weighted by Gasteiger charge is 2.52. The van der Waals surface area contributed by atoms with E-state index >= 15 is 0 Å². The van der Waals surface area contributed by atoms with E-state index < -0.39 is 139 Å². The molecule has 8 rings (SSSR count). The van der Waals surface area contributed by atoms with Crippen molar-refractivity contribution < 1.29 is 111 Å². The molecule has 0 spiro atoms. The van der Waals surface area contributed by atoms with E-state index in [1.54, 1.807) is 59.1 Å². The third-order valence-electron chi connectivity index (χ3n) is 15.9. The number of fused-ring (bicyclic) bond motifs is 2. The number of carboxylic acid groups (broad SMARTS) is 1. The smallest absolute Gasteiger partial charge is 0.411 e. The fraction of sp³-hybridized carbons (Fsp3) is 0.574. The number of carboxylic acids is 1. The van der Waals surface area contributed by atoms with Crippen molar-refractivity contribution in [2.45, 2.75) is 174 Å². The Hall–Kier alpha value is -4.60. The number of hydrogen-bond acceptors (Lipinski definition) is 27. The summed E-state index contributed by atoms with van der Waals surface area (Å²) in [4.78, 5) is 60.5. The number of hydrogen-bond donors (Lipinski definition) is 9. The van der Waals surface area contributed by atoms with Gasteiger partial charge in [-0.1, -0.05) is 82.2 Å². The number of alkyl carbamates (subject to hydrolysis) is 1. The quantitative estimate of drug-likeness (QED) is 0.0252. The van der Waals surface area contributed by atoms with Crippen LogP contribution in [0.15, 0.2) is 64.2 Å². The summed E-state index contributed by atoms with van der Waals surface area (Å²) in [5.74, 6) is 9.72. The maximum absolute atomic E-state index is 14.5. The van der Waals surface area contributed by atoms with Crippen LogP contribution < -0.4 is 30.3 Å². The van der Waals surface area contributed by atoms with Gasteiger partial charge in [0, 0.05) is 48.9 Å². The highest BCUT2D eigenvalue weighted by atomic mass is 127. The molecule has 0 radical (unpaired) electrons. The Morgan fingerprint density at radius 2 is 1.58 bits per heavy atom. The molecule has 9 N–H and O–H groups in total. The summed E-state index contributed by atoms with van der Waals surface area (Å²) >= 11 is 2.80. The molecular weight excluding hydrogens is 1370 g/mol. The lowest BCUT2D eigenvalue weighted by Crippen LogP contribution is -2.65. The van der Waals surface area contributed by atoms with Crippen molar-refractivity contribution in [1.29, 1.82) is 0 Å². The van der Waals surface area contributed by atoms with Crippen LogP contribution in [0.5, 0.6) is 17.2 Å². The van der Waals surface area contributed by atoms with Gasteiger partial charge in [-0.25, -0.2) is 9.59 Å². The van der Waals surface area contributed by atoms with Crippen LogP contribution in [0.1, 0.15) is 73.2 Å². The van der Waals surface area contributed by atoms with Gasteiger partial charge in [0.05, 0.1) is 103 Å². The van der Waals surface area contributed by atoms with Gasteiger partial charge in [0.25, 0.3) is 0 Å². The number of hydroxylamine groups is 1. The molecule has 0 aromatic heterocycles. The predicted octanol–water partition coefficient (Wildman–Crippen LogP) is 3.68. The van der Waals surface area contributed by atoms with E-state index in [0.29, 0.717) is 20.6 Å². The molecule has 498 valence electrons. The van der Waals surface area contributed by atoms with Crippen molar-refractivity contribution in [3.63, 3.8) is 0 Å². The van der Waals surface area contributed by atoms with E-state index in [-0.39, 0.29) is 76.5 Å². The van der Waals surface area contributed by atoms with Gasteiger partial charge in [-0.2, -0.15) is 5.48 Å². The number of aromatic carboxylic acids is 1. The molecule has 4 fully saturated rings. The molecule has 0 saturated carbocycles. The molecule has 0 unspecified atom stereocenters. The third-order valence-corrected chi connectivity index (χ3v) is 20.9. The lowest BCUT2D eigenvalue weighted by Gasteiger charge is -2.46. The van der Waals surface area contributed by atoms with Crippen LogP contribution in [-0.4, -0.2) is 223 Å². The zero-order valence-electron chi connectivity index (χ0n) is 51.4. The molecular formula is C61H76IN3O23S3. The number of nitrogens with one attached hydrogen (secondary N) is 3. The molecule has 1 amide bonds. The maximum atomic E-state index is 14.5. The highest BCUT2D eigenvalue weighted by molar-refractivity contribution is 14.1. The van der Waals surface area contributed by atoms with E-state index in [2.05, 4.69) is 39.8 Å². The van der Waals surface area contributed by atoms with Crippen LogP contribution in [0, 0.1) is 34.2 Å². The molecule has 4 saturated heterocycles. The number of benzene rings is 2. The zero-order chi connectivity index (χ0) is 66.0. The topological polar surface area (TPSA) is 346 Å². The van der Waals surface area contributed by atoms with Crippen LogP contribution in [0.4, 0.5) is 4.79 Å². The number of halogens is 1. The number of rotatable bonds is 23. The van der Waals surface area contributed by atoms with Gasteiger partial charge in [0.1, 0.15) is 36.6 Å². The standard InChI is InChI=1S/C61H76IN3O23S3/c1-11-63-34-27-81-40(25-38(34)76-6)86-53-48(69)45(65-88-41-24-35(66)55(31(5)82-41)90-57(73)42-28(2)44(62)51(54(79-9)50(42)77-7)87-58-49(70)52(78-8)47(68)30(4)84-58)29(3)83-59(53)85-37-19-14-12-13-17-22-61(75)26-36(67)46(64-60(74)80-10)43(37)33(61)21-23-89-91-39-20-16-15-18-32(39)56(71)72/h12-13,15-16,18,20-21,29-31,34-35,37-38,40-41,45,47-49,52-53,55,58-59,63,65-66,68-70,75H,11,23-27H2,1-10H3,(H,64,74)(H,71,72)/b13-12?,33-21+/t29-,30+,31-,34+,35+,37+,38+,40+,41+,45-,47+,48+,49-,52-,53-,55-,58+,59+,61+/m1/s1. The first-order valence-electron chi connectivity index (χ1n) is 29.0. The second-order valence-corrected chi connectivity index (χ2v) is 26.3. The van der Waals surface area contributed by atoms with Crippen LogP contribution in [0.2, 0.25) is 0 Å². The average molecular weight is 1440 g/mol. The van der Waals surface area contributed by atoms with E-state index in [1.807, 2.05) is 29.5 Å². The van der Waals surface area contributed by atoms with E-state index in [9.17, 15) is 49.8 Å². The number of aliphatic hydroxyl groups is 5. The van der Waals surface area contributed by atoms with Gasteiger partial charge in [-0.3, -0.25) is 19.7 Å². The lowest BCUT2D eigenvalue weighted by molar-refractivity contribution is -0.336. The number of ether oxygens (including phenoxy) is 12. The molecule has 91 heavy (non-hydrogen) atoms. The van der Waals surface area contributed by atoms with Gasteiger partial charge in [-0.05, 0) is 86.7 Å². The Labute approximate surface area is 552 Å². The lowest BCUT2D eigenvalue weighted by atomic mass is 9.75. The number of Topliss-reactive ketones (excluding diaryl/α,β-unsaturated/α-hetero) is 1. The summed E-state index contributed by atoms with van der Waals surface area (Å²) in [6.45, 7) is 9.26. The van der Waals surface area contributed by atoms with E-state index in [0.717, 1.165) is 29.7 Å². The van der Waals surface area contributed by atoms with Gasteiger partial charge in [0.15, 0.2) is 41.8 Å². The number of thioether (sulfide) groups is 1. The Bertz CT molecular complexity index is 3180. The minimum atomic E-state index is -2.19. The van der Waals surface area contributed by atoms with Crippen molar-refractivity contribution in [3.05, 3.63) is 79.6 Å². The monoisotopic (exact) mass is 1440 g/mol. The number of carbonyl (C=O) groups is 4. The summed E-state index contributed by atoms with van der Waals surface area (Å²) in [6, 6.07) is 5.07. The molecule has 2 bridgehead atoms.